The Hall–Kier alpha value is -2.30. The number of hydrogen-bond donors (Lipinski definition) is 0. The predicted octanol–water partition coefficient (Wildman–Crippen LogP) is 3.86. The monoisotopic (exact) mass is 393 g/mol. The lowest BCUT2D eigenvalue weighted by Gasteiger charge is -2.22. The number of thioether (sulfide) groups is 1. The van der Waals surface area contributed by atoms with Crippen LogP contribution in [0.3, 0.4) is 0 Å². The SMILES string of the molecule is CSc1ccc2nc(N3CC4CN(c5ncccc5C#N)CC4C3)sc2c1. The highest BCUT2D eigenvalue weighted by molar-refractivity contribution is 7.98. The maximum absolute atomic E-state index is 9.35. The largest absolute Gasteiger partial charge is 0.355 e. The van der Waals surface area contributed by atoms with Crippen molar-refractivity contribution in [1.82, 2.24) is 9.97 Å². The third-order valence-electron chi connectivity index (χ3n) is 5.55. The molecule has 2 atom stereocenters. The third kappa shape index (κ3) is 2.93. The molecule has 7 heteroatoms. The number of pyridine rings is 1. The van der Waals surface area contributed by atoms with Crippen LogP contribution in [0.4, 0.5) is 10.9 Å². The average Bonchev–Trinajstić information content (AvgIpc) is 3.39. The summed E-state index contributed by atoms with van der Waals surface area (Å²) in [6.07, 6.45) is 3.89. The van der Waals surface area contributed by atoms with Crippen LogP contribution in [-0.2, 0) is 0 Å². The molecule has 0 amide bonds. The van der Waals surface area contributed by atoms with Crippen molar-refractivity contribution >= 4 is 44.3 Å². The summed E-state index contributed by atoms with van der Waals surface area (Å²) >= 11 is 3.57. The van der Waals surface area contributed by atoms with E-state index < -0.39 is 0 Å². The lowest BCUT2D eigenvalue weighted by Crippen LogP contribution is -2.29. The molecule has 1 aromatic carbocycles. The first-order valence-electron chi connectivity index (χ1n) is 9.05. The summed E-state index contributed by atoms with van der Waals surface area (Å²) in [5.41, 5.74) is 1.77. The Balaban J connectivity index is 1.33. The quantitative estimate of drug-likeness (QED) is 0.630. The summed E-state index contributed by atoms with van der Waals surface area (Å²) in [6, 6.07) is 12.5. The Morgan fingerprint density at radius 3 is 2.67 bits per heavy atom. The van der Waals surface area contributed by atoms with Crippen LogP contribution in [0.1, 0.15) is 5.56 Å². The fourth-order valence-electron chi connectivity index (χ4n) is 4.21. The van der Waals surface area contributed by atoms with Gasteiger partial charge in [-0.15, -0.1) is 11.8 Å². The van der Waals surface area contributed by atoms with E-state index in [2.05, 4.69) is 45.3 Å². The zero-order valence-corrected chi connectivity index (χ0v) is 16.6. The normalized spacial score (nSPS) is 21.6. The molecule has 0 N–H and O–H groups in total. The van der Waals surface area contributed by atoms with Crippen molar-refractivity contribution in [2.75, 3.05) is 42.2 Å². The minimum atomic E-state index is 0.604. The van der Waals surface area contributed by atoms with Crippen LogP contribution in [-0.4, -0.2) is 42.4 Å². The number of rotatable bonds is 3. The Bertz CT molecular complexity index is 1030. The van der Waals surface area contributed by atoms with Crippen LogP contribution < -0.4 is 9.80 Å². The second-order valence-corrected chi connectivity index (χ2v) is 9.04. The zero-order chi connectivity index (χ0) is 18.4. The van der Waals surface area contributed by atoms with E-state index in [1.165, 1.54) is 9.60 Å². The maximum Gasteiger partial charge on any atom is 0.186 e. The number of nitrogens with zero attached hydrogens (tertiary/aromatic N) is 5. The van der Waals surface area contributed by atoms with Gasteiger partial charge < -0.3 is 9.80 Å². The highest BCUT2D eigenvalue weighted by Crippen LogP contribution is 2.39. The molecular weight excluding hydrogens is 374 g/mol. The van der Waals surface area contributed by atoms with Gasteiger partial charge >= 0.3 is 0 Å². The van der Waals surface area contributed by atoms with Crippen molar-refractivity contribution in [3.63, 3.8) is 0 Å². The molecule has 0 saturated carbocycles. The Morgan fingerprint density at radius 1 is 1.15 bits per heavy atom. The summed E-state index contributed by atoms with van der Waals surface area (Å²) in [4.78, 5) is 15.3. The molecule has 2 aromatic heterocycles. The molecule has 4 heterocycles. The van der Waals surface area contributed by atoms with E-state index in [1.54, 1.807) is 29.3 Å². The van der Waals surface area contributed by atoms with E-state index in [4.69, 9.17) is 4.98 Å². The lowest BCUT2D eigenvalue weighted by atomic mass is 10.0. The smallest absolute Gasteiger partial charge is 0.186 e. The molecule has 2 aliphatic rings. The van der Waals surface area contributed by atoms with Crippen LogP contribution in [0, 0.1) is 23.2 Å². The molecule has 5 nitrogen and oxygen atoms in total. The number of anilines is 2. The van der Waals surface area contributed by atoms with Crippen molar-refractivity contribution in [3.05, 3.63) is 42.1 Å². The minimum Gasteiger partial charge on any atom is -0.355 e. The molecule has 2 saturated heterocycles. The van der Waals surface area contributed by atoms with E-state index in [9.17, 15) is 5.26 Å². The molecule has 136 valence electrons. The molecule has 5 rings (SSSR count). The van der Waals surface area contributed by atoms with Gasteiger partial charge in [0.1, 0.15) is 11.9 Å². The first-order chi connectivity index (χ1) is 13.2. The van der Waals surface area contributed by atoms with Gasteiger partial charge in [0.15, 0.2) is 5.13 Å². The molecule has 0 aliphatic carbocycles. The van der Waals surface area contributed by atoms with Crippen LogP contribution in [0.25, 0.3) is 10.2 Å². The molecule has 2 aliphatic heterocycles. The summed E-state index contributed by atoms with van der Waals surface area (Å²) in [7, 11) is 0. The first-order valence-corrected chi connectivity index (χ1v) is 11.1. The number of thiazole rings is 1. The highest BCUT2D eigenvalue weighted by Gasteiger charge is 2.41. The molecular formula is C20H19N5S2. The van der Waals surface area contributed by atoms with Crippen molar-refractivity contribution in [3.8, 4) is 6.07 Å². The third-order valence-corrected chi connectivity index (χ3v) is 7.35. The topological polar surface area (TPSA) is 56.1 Å². The van der Waals surface area contributed by atoms with Crippen molar-refractivity contribution in [2.24, 2.45) is 11.8 Å². The number of fused-ring (bicyclic) bond motifs is 2. The van der Waals surface area contributed by atoms with Crippen molar-refractivity contribution in [1.29, 1.82) is 5.26 Å². The number of hydrogen-bond acceptors (Lipinski definition) is 7. The Labute approximate surface area is 166 Å². The summed E-state index contributed by atoms with van der Waals surface area (Å²) in [5, 5.41) is 10.5. The lowest BCUT2D eigenvalue weighted by molar-refractivity contribution is 0.533. The van der Waals surface area contributed by atoms with Crippen LogP contribution in [0.2, 0.25) is 0 Å². The van der Waals surface area contributed by atoms with Gasteiger partial charge in [-0.05, 0) is 36.6 Å². The maximum atomic E-state index is 9.35. The fourth-order valence-corrected chi connectivity index (χ4v) is 5.75. The highest BCUT2D eigenvalue weighted by atomic mass is 32.2. The standard InChI is InChI=1S/C20H19N5S2/c1-26-16-4-5-17-18(7-16)27-20(23-17)25-11-14-9-24(10-15(14)12-25)19-13(8-21)3-2-6-22-19/h2-7,14-15H,9-12H2,1H3. The molecule has 3 aromatic rings. The molecule has 27 heavy (non-hydrogen) atoms. The van der Waals surface area contributed by atoms with E-state index in [0.29, 0.717) is 17.4 Å². The van der Waals surface area contributed by atoms with Crippen molar-refractivity contribution < 1.29 is 0 Å². The van der Waals surface area contributed by atoms with Gasteiger partial charge in [0, 0.05) is 49.1 Å². The number of aromatic nitrogens is 2. The van der Waals surface area contributed by atoms with Crippen LogP contribution in [0.5, 0.6) is 0 Å². The average molecular weight is 394 g/mol. The van der Waals surface area contributed by atoms with Crippen LogP contribution in [0.15, 0.2) is 41.4 Å². The molecule has 2 unspecified atom stereocenters. The van der Waals surface area contributed by atoms with Gasteiger partial charge in [0.05, 0.1) is 15.8 Å². The Morgan fingerprint density at radius 2 is 1.93 bits per heavy atom. The predicted molar refractivity (Wildman–Crippen MR) is 112 cm³/mol. The van der Waals surface area contributed by atoms with Gasteiger partial charge in [0.2, 0.25) is 0 Å². The summed E-state index contributed by atoms with van der Waals surface area (Å²) < 4.78 is 1.27. The van der Waals surface area contributed by atoms with Gasteiger partial charge in [-0.1, -0.05) is 11.3 Å². The molecule has 0 spiro atoms. The zero-order valence-electron chi connectivity index (χ0n) is 15.0. The van der Waals surface area contributed by atoms with Gasteiger partial charge in [-0.25, -0.2) is 9.97 Å². The van der Waals surface area contributed by atoms with E-state index in [1.807, 2.05) is 12.1 Å². The fraction of sp³-hybridized carbons (Fsp3) is 0.350. The molecule has 0 radical (unpaired) electrons. The van der Waals surface area contributed by atoms with Gasteiger partial charge in [0.25, 0.3) is 0 Å². The first kappa shape index (κ1) is 16.8. The summed E-state index contributed by atoms with van der Waals surface area (Å²) in [6.45, 7) is 4.00. The summed E-state index contributed by atoms with van der Waals surface area (Å²) in [5.74, 6) is 2.05. The minimum absolute atomic E-state index is 0.604. The molecule has 2 fully saturated rings. The van der Waals surface area contributed by atoms with Crippen LogP contribution >= 0.6 is 23.1 Å². The van der Waals surface area contributed by atoms with Crippen molar-refractivity contribution in [2.45, 2.75) is 4.90 Å². The Kier molecular flexibility index (Phi) is 4.18. The van der Waals surface area contributed by atoms with E-state index in [-0.39, 0.29) is 0 Å². The van der Waals surface area contributed by atoms with E-state index in [0.717, 1.165) is 42.6 Å². The second-order valence-electron chi connectivity index (χ2n) is 7.15. The number of benzene rings is 1. The van der Waals surface area contributed by atoms with E-state index >= 15 is 0 Å². The second kappa shape index (κ2) is 6.70. The van der Waals surface area contributed by atoms with Gasteiger partial charge in [-0.2, -0.15) is 5.26 Å². The number of nitriles is 1. The molecule has 0 bridgehead atoms. The van der Waals surface area contributed by atoms with Gasteiger partial charge in [-0.3, -0.25) is 0 Å².